The molecule has 0 fully saturated rings. The summed E-state index contributed by atoms with van der Waals surface area (Å²) < 4.78 is 0. The average molecular weight is 530 g/mol. The zero-order valence-corrected chi connectivity index (χ0v) is 23.4. The van der Waals surface area contributed by atoms with Crippen LogP contribution in [0, 0.1) is 6.92 Å². The third-order valence-electron chi connectivity index (χ3n) is 6.40. The fourth-order valence-corrected chi connectivity index (χ4v) is 4.81. The van der Waals surface area contributed by atoms with E-state index in [-0.39, 0.29) is 26.2 Å². The molecule has 0 aliphatic carbocycles. The maximum absolute atomic E-state index is 13.3. The quantitative estimate of drug-likeness (QED) is 0.234. The van der Waals surface area contributed by atoms with Crippen LogP contribution in [0.15, 0.2) is 97.1 Å². The molecule has 6 heteroatoms. The number of carboxylic acids is 1. The summed E-state index contributed by atoms with van der Waals surface area (Å²) in [5, 5.41) is 12.3. The van der Waals surface area contributed by atoms with Crippen molar-refractivity contribution >= 4 is 35.8 Å². The first kappa shape index (κ1) is 30.1. The summed E-state index contributed by atoms with van der Waals surface area (Å²) in [5.41, 5.74) is 7.54. The van der Waals surface area contributed by atoms with Gasteiger partial charge in [-0.05, 0) is 82.5 Å². The van der Waals surface area contributed by atoms with Gasteiger partial charge in [0.2, 0.25) is 0 Å². The Morgan fingerprint density at radius 1 is 0.846 bits per heavy atom. The van der Waals surface area contributed by atoms with E-state index in [2.05, 4.69) is 41.7 Å². The number of amides is 1. The number of thioether (sulfide) groups is 1. The van der Waals surface area contributed by atoms with Crippen LogP contribution in [0.3, 0.4) is 0 Å². The van der Waals surface area contributed by atoms with Gasteiger partial charge in [0.05, 0.1) is 0 Å². The van der Waals surface area contributed by atoms with Gasteiger partial charge in [-0.15, -0.1) is 0 Å². The van der Waals surface area contributed by atoms with Crippen LogP contribution in [-0.4, -0.2) is 35.0 Å². The van der Waals surface area contributed by atoms with E-state index >= 15 is 0 Å². The first-order valence-corrected chi connectivity index (χ1v) is 13.9. The van der Waals surface area contributed by atoms with E-state index in [1.54, 1.807) is 17.8 Å². The summed E-state index contributed by atoms with van der Waals surface area (Å²) in [5.74, 6) is -0.762. The molecule has 0 unspecified atom stereocenters. The first-order chi connectivity index (χ1) is 18.5. The topological polar surface area (TPSA) is 66.4 Å². The number of hydrogen-bond acceptors (Lipinski definition) is 3. The Bertz CT molecular complexity index is 1460. The number of rotatable bonds is 10. The van der Waals surface area contributed by atoms with Crippen molar-refractivity contribution < 1.29 is 35.0 Å². The molecule has 2 N–H and O–H groups in total. The predicted octanol–water partition coefficient (Wildman–Crippen LogP) is 4.55. The van der Waals surface area contributed by atoms with Crippen LogP contribution in [-0.2, 0) is 4.79 Å². The molecule has 0 saturated heterocycles. The number of carbonyl (C=O) groups is 2. The van der Waals surface area contributed by atoms with Crippen LogP contribution in [0.5, 0.6) is 0 Å². The Kier molecular flexibility index (Phi) is 11.3. The van der Waals surface area contributed by atoms with Crippen LogP contribution in [0.2, 0.25) is 0 Å². The zero-order chi connectivity index (χ0) is 26.9. The second-order valence-electron chi connectivity index (χ2n) is 9.09. The van der Waals surface area contributed by atoms with Crippen LogP contribution in [0.1, 0.15) is 34.9 Å². The molecule has 0 aliphatic heterocycles. The van der Waals surface area contributed by atoms with Crippen molar-refractivity contribution in [1.82, 2.24) is 5.32 Å². The van der Waals surface area contributed by atoms with Gasteiger partial charge in [0, 0.05) is 5.56 Å². The molecule has 4 rings (SSSR count). The Hall–Kier alpha value is -3.49. The van der Waals surface area contributed by atoms with E-state index in [9.17, 15) is 14.7 Å². The number of carbonyl (C=O) groups excluding carboxylic acids is 1. The molecule has 0 aromatic heterocycles. The second-order valence-corrected chi connectivity index (χ2v) is 10.1. The molecule has 0 radical (unpaired) electrons. The van der Waals surface area contributed by atoms with Crippen molar-refractivity contribution in [3.05, 3.63) is 119 Å². The maximum atomic E-state index is 13.3. The van der Waals surface area contributed by atoms with Crippen LogP contribution < -0.4 is 24.2 Å². The maximum Gasteiger partial charge on any atom is 1.00 e. The van der Waals surface area contributed by atoms with E-state index in [0.717, 1.165) is 38.9 Å². The molecule has 0 bridgehead atoms. The fourth-order valence-electron chi connectivity index (χ4n) is 4.34. The molecule has 1 atom stereocenters. The summed E-state index contributed by atoms with van der Waals surface area (Å²) in [6.45, 7) is 2.01. The van der Waals surface area contributed by atoms with Crippen molar-refractivity contribution in [2.75, 3.05) is 12.0 Å². The minimum Gasteiger partial charge on any atom is -1.00 e. The minimum absolute atomic E-state index is 0. The first-order valence-electron chi connectivity index (χ1n) is 12.5. The molecule has 194 valence electrons. The summed E-state index contributed by atoms with van der Waals surface area (Å²) in [6.07, 6.45) is 6.38. The molecular weight excluding hydrogens is 497 g/mol. The molecule has 4 aromatic rings. The van der Waals surface area contributed by atoms with Crippen molar-refractivity contribution in [1.29, 1.82) is 0 Å². The predicted molar refractivity (Wildman–Crippen MR) is 160 cm³/mol. The Balaban J connectivity index is 0.00000280. The van der Waals surface area contributed by atoms with E-state index < -0.39 is 12.0 Å². The molecule has 0 spiro atoms. The molecular formula is C33H32LiNO3S. The summed E-state index contributed by atoms with van der Waals surface area (Å²) in [7, 11) is 0. The van der Waals surface area contributed by atoms with Crippen LogP contribution in [0.4, 0.5) is 0 Å². The second kappa shape index (κ2) is 14.6. The smallest absolute Gasteiger partial charge is 1.00 e. The zero-order valence-electron chi connectivity index (χ0n) is 23.6. The van der Waals surface area contributed by atoms with Crippen molar-refractivity contribution in [3.8, 4) is 22.3 Å². The number of carboxylic acid groups (broad SMARTS) is 1. The third-order valence-corrected chi connectivity index (χ3v) is 7.04. The average Bonchev–Trinajstić information content (AvgIpc) is 2.94. The molecule has 0 saturated carbocycles. The van der Waals surface area contributed by atoms with Crippen molar-refractivity contribution in [2.24, 2.45) is 0 Å². The van der Waals surface area contributed by atoms with Crippen molar-refractivity contribution in [3.63, 3.8) is 0 Å². The van der Waals surface area contributed by atoms with Crippen molar-refractivity contribution in [2.45, 2.75) is 19.4 Å². The minimum atomic E-state index is -1.03. The normalized spacial score (nSPS) is 11.5. The Morgan fingerprint density at radius 2 is 1.51 bits per heavy atom. The molecule has 0 heterocycles. The molecule has 1 amide bonds. The van der Waals surface area contributed by atoms with E-state index in [0.29, 0.717) is 17.7 Å². The number of hydrogen-bond donors (Lipinski definition) is 2. The molecule has 0 aliphatic rings. The van der Waals surface area contributed by atoms with Gasteiger partial charge < -0.3 is 11.8 Å². The van der Waals surface area contributed by atoms with E-state index in [1.165, 1.54) is 0 Å². The molecule has 39 heavy (non-hydrogen) atoms. The van der Waals surface area contributed by atoms with Crippen LogP contribution >= 0.6 is 11.8 Å². The number of benzene rings is 4. The Morgan fingerprint density at radius 3 is 2.21 bits per heavy atom. The fraction of sp³-hybridized carbons (Fsp3) is 0.152. The summed E-state index contributed by atoms with van der Waals surface area (Å²) in [6, 6.07) is 31.3. The Labute approximate surface area is 248 Å². The standard InChI is InChI=1S/C33H31NO3S.Li.H/c1-23-9-6-7-14-28(23)30-22-25(17-18-29(30)32(35)34-31(33(36)37)19-20-38-2)16-15-24-10-8-13-27(21-24)26-11-4-3-5-12-26;;/h3-18,21-22,31H,19-20H2,1-2H3,(H,34,35)(H,36,37);;/q;+1;-1/t31-;;/m0../s1. The van der Waals surface area contributed by atoms with Gasteiger partial charge in [0.15, 0.2) is 0 Å². The van der Waals surface area contributed by atoms with Gasteiger partial charge in [-0.2, -0.15) is 11.8 Å². The summed E-state index contributed by atoms with van der Waals surface area (Å²) >= 11 is 1.56. The number of nitrogens with one attached hydrogen (secondary N) is 1. The van der Waals surface area contributed by atoms with Gasteiger partial charge in [-0.1, -0.05) is 91.0 Å². The number of aryl methyl sites for hydroxylation is 1. The number of aliphatic carboxylic acids is 1. The van der Waals surface area contributed by atoms with Gasteiger partial charge in [-0.3, -0.25) is 4.79 Å². The van der Waals surface area contributed by atoms with Crippen LogP contribution in [0.25, 0.3) is 34.4 Å². The SMILES string of the molecule is CSCC[C@H](NC(=O)c1ccc(C=Cc2cccc(-c3ccccc3)c2)cc1-c1ccccc1C)C(=O)O.[H-].[Li+]. The van der Waals surface area contributed by atoms with Gasteiger partial charge in [-0.25, -0.2) is 4.79 Å². The molecule has 4 nitrogen and oxygen atoms in total. The van der Waals surface area contributed by atoms with Gasteiger partial charge in [0.25, 0.3) is 5.91 Å². The van der Waals surface area contributed by atoms with Gasteiger partial charge in [0.1, 0.15) is 6.04 Å². The van der Waals surface area contributed by atoms with E-state index in [1.807, 2.05) is 79.9 Å². The largest absolute Gasteiger partial charge is 1.00 e. The third kappa shape index (κ3) is 8.00. The van der Waals surface area contributed by atoms with E-state index in [4.69, 9.17) is 0 Å². The van der Waals surface area contributed by atoms with Gasteiger partial charge >= 0.3 is 24.8 Å². The molecule has 4 aromatic carbocycles. The summed E-state index contributed by atoms with van der Waals surface area (Å²) in [4.78, 5) is 25.0. The monoisotopic (exact) mass is 529 g/mol.